The number of carbonyl (C=O) groups excluding carboxylic acids is 2. The van der Waals surface area contributed by atoms with Crippen molar-refractivity contribution in [3.05, 3.63) is 0 Å². The van der Waals surface area contributed by atoms with Gasteiger partial charge in [-0.2, -0.15) is 0 Å². The van der Waals surface area contributed by atoms with Gasteiger partial charge < -0.3 is 10.6 Å². The van der Waals surface area contributed by atoms with E-state index in [-0.39, 0.29) is 17.7 Å². The van der Waals surface area contributed by atoms with Crippen LogP contribution in [0.15, 0.2) is 0 Å². The average Bonchev–Trinajstić information content (AvgIpc) is 2.27. The number of amides is 2. The Morgan fingerprint density at radius 1 is 1.47 bits per heavy atom. The Hall–Kier alpha value is -0.770. The first-order valence-corrected chi connectivity index (χ1v) is 5.72. The molecule has 5 heteroatoms. The molecular formula is C10H17ClN2O2. The molecule has 0 aromatic carbocycles. The summed E-state index contributed by atoms with van der Waals surface area (Å²) in [6.45, 7) is 3.07. The summed E-state index contributed by atoms with van der Waals surface area (Å²) >= 11 is 5.87. The number of rotatable bonds is 3. The fraction of sp³-hybridized carbons (Fsp3) is 0.800. The number of piperidine rings is 1. The number of nitrogens with two attached hydrogens (primary N) is 1. The topological polar surface area (TPSA) is 63.4 Å². The van der Waals surface area contributed by atoms with Crippen LogP contribution in [0.3, 0.4) is 0 Å². The monoisotopic (exact) mass is 232 g/mol. The summed E-state index contributed by atoms with van der Waals surface area (Å²) in [5.74, 6) is -0.369. The minimum Gasteiger partial charge on any atom is -0.369 e. The van der Waals surface area contributed by atoms with Gasteiger partial charge in [-0.05, 0) is 19.3 Å². The van der Waals surface area contributed by atoms with E-state index in [9.17, 15) is 9.59 Å². The van der Waals surface area contributed by atoms with E-state index in [2.05, 4.69) is 0 Å². The molecule has 1 aliphatic rings. The van der Waals surface area contributed by atoms with E-state index in [1.165, 1.54) is 0 Å². The molecule has 2 amide bonds. The minimum atomic E-state index is -0.435. The van der Waals surface area contributed by atoms with Gasteiger partial charge in [0.1, 0.15) is 5.38 Å². The van der Waals surface area contributed by atoms with Crippen LogP contribution in [0.25, 0.3) is 0 Å². The molecular weight excluding hydrogens is 216 g/mol. The van der Waals surface area contributed by atoms with Crippen molar-refractivity contribution in [2.75, 3.05) is 13.1 Å². The van der Waals surface area contributed by atoms with Gasteiger partial charge in [-0.1, -0.05) is 6.92 Å². The van der Waals surface area contributed by atoms with Crippen molar-refractivity contribution < 1.29 is 9.59 Å². The number of primary amides is 1. The highest BCUT2D eigenvalue weighted by atomic mass is 35.5. The van der Waals surface area contributed by atoms with Crippen LogP contribution in [0.5, 0.6) is 0 Å². The second kappa shape index (κ2) is 5.35. The van der Waals surface area contributed by atoms with Gasteiger partial charge in [-0.15, -0.1) is 11.6 Å². The van der Waals surface area contributed by atoms with Crippen molar-refractivity contribution in [2.24, 2.45) is 11.7 Å². The maximum absolute atomic E-state index is 11.7. The van der Waals surface area contributed by atoms with Crippen molar-refractivity contribution in [1.82, 2.24) is 4.90 Å². The van der Waals surface area contributed by atoms with Gasteiger partial charge in [0.05, 0.1) is 0 Å². The lowest BCUT2D eigenvalue weighted by molar-refractivity contribution is -0.134. The predicted octanol–water partition coefficient (Wildman–Crippen LogP) is 0.728. The maximum Gasteiger partial charge on any atom is 0.240 e. The summed E-state index contributed by atoms with van der Waals surface area (Å²) in [6.07, 6.45) is 1.96. The van der Waals surface area contributed by atoms with Crippen molar-refractivity contribution in [1.29, 1.82) is 0 Å². The van der Waals surface area contributed by atoms with E-state index in [1.807, 2.05) is 6.92 Å². The number of hydrogen-bond acceptors (Lipinski definition) is 2. The Kier molecular flexibility index (Phi) is 4.39. The third kappa shape index (κ3) is 3.09. The molecule has 0 aromatic rings. The second-order valence-electron chi connectivity index (χ2n) is 3.88. The summed E-state index contributed by atoms with van der Waals surface area (Å²) in [4.78, 5) is 24.3. The molecule has 4 nitrogen and oxygen atoms in total. The van der Waals surface area contributed by atoms with Crippen LogP contribution in [0.2, 0.25) is 0 Å². The lowest BCUT2D eigenvalue weighted by atomic mass is 9.96. The molecule has 0 spiro atoms. The predicted molar refractivity (Wildman–Crippen MR) is 58.4 cm³/mol. The molecule has 1 saturated heterocycles. The quantitative estimate of drug-likeness (QED) is 0.729. The van der Waals surface area contributed by atoms with Gasteiger partial charge in [-0.25, -0.2) is 0 Å². The highest BCUT2D eigenvalue weighted by molar-refractivity contribution is 6.30. The SMILES string of the molecule is CC[C@@H](Cl)C(=O)N1CCC(C(N)=O)CC1. The van der Waals surface area contributed by atoms with Crippen LogP contribution < -0.4 is 5.73 Å². The molecule has 1 aliphatic heterocycles. The first-order valence-electron chi connectivity index (χ1n) is 5.28. The van der Waals surface area contributed by atoms with E-state index in [0.717, 1.165) is 0 Å². The maximum atomic E-state index is 11.7. The molecule has 1 fully saturated rings. The summed E-state index contributed by atoms with van der Waals surface area (Å²) < 4.78 is 0. The second-order valence-corrected chi connectivity index (χ2v) is 4.40. The molecule has 0 aromatic heterocycles. The van der Waals surface area contributed by atoms with Gasteiger partial charge in [0.2, 0.25) is 11.8 Å². The van der Waals surface area contributed by atoms with Crippen LogP contribution >= 0.6 is 11.6 Å². The molecule has 0 saturated carbocycles. The largest absolute Gasteiger partial charge is 0.369 e. The number of halogens is 1. The molecule has 15 heavy (non-hydrogen) atoms. The zero-order chi connectivity index (χ0) is 11.4. The van der Waals surface area contributed by atoms with Crippen molar-refractivity contribution in [2.45, 2.75) is 31.6 Å². The van der Waals surface area contributed by atoms with Crippen LogP contribution in [0.1, 0.15) is 26.2 Å². The third-order valence-corrected chi connectivity index (χ3v) is 3.33. The van der Waals surface area contributed by atoms with E-state index >= 15 is 0 Å². The zero-order valence-electron chi connectivity index (χ0n) is 8.91. The van der Waals surface area contributed by atoms with E-state index in [0.29, 0.717) is 32.4 Å². The van der Waals surface area contributed by atoms with Gasteiger partial charge >= 0.3 is 0 Å². The molecule has 0 aliphatic carbocycles. The summed E-state index contributed by atoms with van der Waals surface area (Å²) in [7, 11) is 0. The lowest BCUT2D eigenvalue weighted by Crippen LogP contribution is -2.44. The van der Waals surface area contributed by atoms with Crippen LogP contribution in [0.4, 0.5) is 0 Å². The average molecular weight is 233 g/mol. The molecule has 86 valence electrons. The highest BCUT2D eigenvalue weighted by Crippen LogP contribution is 2.18. The molecule has 0 unspecified atom stereocenters. The Morgan fingerprint density at radius 2 is 2.00 bits per heavy atom. The zero-order valence-corrected chi connectivity index (χ0v) is 9.67. The Bertz CT molecular complexity index is 250. The number of hydrogen-bond donors (Lipinski definition) is 1. The molecule has 2 N–H and O–H groups in total. The number of likely N-dealkylation sites (tertiary alicyclic amines) is 1. The smallest absolute Gasteiger partial charge is 0.240 e. The van der Waals surface area contributed by atoms with Crippen molar-refractivity contribution >= 4 is 23.4 Å². The van der Waals surface area contributed by atoms with Crippen molar-refractivity contribution in [3.63, 3.8) is 0 Å². The number of alkyl halides is 1. The molecule has 0 radical (unpaired) electrons. The first kappa shape index (κ1) is 12.3. The van der Waals surface area contributed by atoms with Gasteiger partial charge in [0, 0.05) is 19.0 Å². The van der Waals surface area contributed by atoms with Crippen LogP contribution in [0, 0.1) is 5.92 Å². The van der Waals surface area contributed by atoms with Crippen LogP contribution in [-0.2, 0) is 9.59 Å². The van der Waals surface area contributed by atoms with Gasteiger partial charge in [0.15, 0.2) is 0 Å². The molecule has 1 heterocycles. The van der Waals surface area contributed by atoms with E-state index in [1.54, 1.807) is 4.90 Å². The fourth-order valence-electron chi connectivity index (χ4n) is 1.76. The minimum absolute atomic E-state index is 0.0258. The normalized spacial score (nSPS) is 20.0. The van der Waals surface area contributed by atoms with E-state index < -0.39 is 5.38 Å². The molecule has 1 rings (SSSR count). The number of carbonyl (C=O) groups is 2. The van der Waals surface area contributed by atoms with Gasteiger partial charge in [-0.3, -0.25) is 9.59 Å². The highest BCUT2D eigenvalue weighted by Gasteiger charge is 2.28. The van der Waals surface area contributed by atoms with Crippen LogP contribution in [-0.4, -0.2) is 35.2 Å². The van der Waals surface area contributed by atoms with E-state index in [4.69, 9.17) is 17.3 Å². The fourth-order valence-corrected chi connectivity index (χ4v) is 1.90. The third-order valence-electron chi connectivity index (χ3n) is 2.84. The number of nitrogens with zero attached hydrogens (tertiary/aromatic N) is 1. The Morgan fingerprint density at radius 3 is 2.40 bits per heavy atom. The lowest BCUT2D eigenvalue weighted by Gasteiger charge is -2.31. The molecule has 1 atom stereocenters. The first-order chi connectivity index (χ1) is 7.06. The summed E-state index contributed by atoms with van der Waals surface area (Å²) in [6, 6.07) is 0. The summed E-state index contributed by atoms with van der Waals surface area (Å²) in [5, 5.41) is -0.435. The molecule has 0 bridgehead atoms. The Labute approximate surface area is 94.7 Å². The standard InChI is InChI=1S/C10H17ClN2O2/c1-2-8(11)10(15)13-5-3-7(4-6-13)9(12)14/h7-8H,2-6H2,1H3,(H2,12,14)/t8-/m1/s1. The summed E-state index contributed by atoms with van der Waals surface area (Å²) in [5.41, 5.74) is 5.21. The Balaban J connectivity index is 2.43. The van der Waals surface area contributed by atoms with Crippen molar-refractivity contribution in [3.8, 4) is 0 Å². The van der Waals surface area contributed by atoms with Gasteiger partial charge in [0.25, 0.3) is 0 Å².